The Balaban J connectivity index is 1.84. The van der Waals surface area contributed by atoms with Crippen molar-refractivity contribution in [2.75, 3.05) is 14.2 Å². The van der Waals surface area contributed by atoms with E-state index in [0.717, 1.165) is 30.2 Å². The molecular formula is C23H23BrClN3O3. The number of hydrogen-bond acceptors (Lipinski definition) is 5. The Bertz CT molecular complexity index is 1200. The van der Waals surface area contributed by atoms with Crippen LogP contribution in [0, 0.1) is 0 Å². The standard InChI is InChI=1S/C23H23BrClN3O3/c1-30-20-11-14(10-18(25)21(20)31-2)13-26-28-22(15-6-4-3-5-7-15)27-19-9-8-16(24)12-17(19)23(28)29/h8-13,15H,3-7H2,1-2H3. The summed E-state index contributed by atoms with van der Waals surface area (Å²) in [4.78, 5) is 18.2. The van der Waals surface area contributed by atoms with E-state index in [0.29, 0.717) is 38.8 Å². The van der Waals surface area contributed by atoms with E-state index in [1.165, 1.54) is 18.2 Å². The summed E-state index contributed by atoms with van der Waals surface area (Å²) in [6, 6.07) is 9.05. The van der Waals surface area contributed by atoms with Crippen LogP contribution in [0.2, 0.25) is 5.02 Å². The number of aromatic nitrogens is 2. The second kappa shape index (κ2) is 9.40. The molecule has 0 atom stereocenters. The second-order valence-corrected chi connectivity index (χ2v) is 8.89. The molecular weight excluding hydrogens is 482 g/mol. The highest BCUT2D eigenvalue weighted by atomic mass is 79.9. The van der Waals surface area contributed by atoms with Gasteiger partial charge in [0.25, 0.3) is 5.56 Å². The largest absolute Gasteiger partial charge is 0.493 e. The zero-order valence-corrected chi connectivity index (χ0v) is 19.7. The molecule has 31 heavy (non-hydrogen) atoms. The lowest BCUT2D eigenvalue weighted by atomic mass is 9.88. The fraction of sp³-hybridized carbons (Fsp3) is 0.348. The summed E-state index contributed by atoms with van der Waals surface area (Å²) in [5, 5.41) is 5.48. The van der Waals surface area contributed by atoms with Crippen LogP contribution in [0.4, 0.5) is 0 Å². The first-order chi connectivity index (χ1) is 15.0. The lowest BCUT2D eigenvalue weighted by molar-refractivity contribution is 0.355. The van der Waals surface area contributed by atoms with Crippen molar-refractivity contribution in [1.82, 2.24) is 9.66 Å². The smallest absolute Gasteiger partial charge is 0.282 e. The number of halogens is 2. The van der Waals surface area contributed by atoms with E-state index in [2.05, 4.69) is 21.0 Å². The molecule has 162 valence electrons. The number of methoxy groups -OCH3 is 2. The molecule has 0 amide bonds. The van der Waals surface area contributed by atoms with Gasteiger partial charge in [-0.15, -0.1) is 0 Å². The Labute approximate surface area is 194 Å². The predicted molar refractivity (Wildman–Crippen MR) is 127 cm³/mol. The molecule has 0 saturated heterocycles. The van der Waals surface area contributed by atoms with Crippen molar-refractivity contribution in [2.24, 2.45) is 5.10 Å². The van der Waals surface area contributed by atoms with Crippen LogP contribution < -0.4 is 15.0 Å². The van der Waals surface area contributed by atoms with E-state index in [-0.39, 0.29) is 11.5 Å². The summed E-state index contributed by atoms with van der Waals surface area (Å²) in [5.41, 5.74) is 1.20. The van der Waals surface area contributed by atoms with Crippen molar-refractivity contribution >= 4 is 44.6 Å². The van der Waals surface area contributed by atoms with Gasteiger partial charge >= 0.3 is 0 Å². The fourth-order valence-electron chi connectivity index (χ4n) is 4.04. The minimum atomic E-state index is -0.185. The summed E-state index contributed by atoms with van der Waals surface area (Å²) >= 11 is 9.77. The van der Waals surface area contributed by atoms with Gasteiger partial charge in [-0.1, -0.05) is 46.8 Å². The molecule has 0 bridgehead atoms. The molecule has 1 aromatic heterocycles. The Morgan fingerprint density at radius 3 is 2.65 bits per heavy atom. The number of rotatable bonds is 5. The summed E-state index contributed by atoms with van der Waals surface area (Å²) < 4.78 is 12.9. The maximum atomic E-state index is 13.4. The van der Waals surface area contributed by atoms with Gasteiger partial charge in [-0.3, -0.25) is 4.79 Å². The SMILES string of the molecule is COc1cc(C=Nn2c(C3CCCCC3)nc3ccc(Br)cc3c2=O)cc(Cl)c1OC. The van der Waals surface area contributed by atoms with E-state index in [9.17, 15) is 4.79 Å². The van der Waals surface area contributed by atoms with Gasteiger partial charge in [-0.05, 0) is 48.7 Å². The van der Waals surface area contributed by atoms with Gasteiger partial charge in [0, 0.05) is 10.4 Å². The normalized spacial score (nSPS) is 15.0. The molecule has 1 fully saturated rings. The Morgan fingerprint density at radius 1 is 1.16 bits per heavy atom. The van der Waals surface area contributed by atoms with E-state index < -0.39 is 0 Å². The van der Waals surface area contributed by atoms with E-state index in [1.54, 1.807) is 31.5 Å². The number of benzene rings is 2. The molecule has 0 unspecified atom stereocenters. The minimum Gasteiger partial charge on any atom is -0.493 e. The quantitative estimate of drug-likeness (QED) is 0.414. The maximum absolute atomic E-state index is 13.4. The van der Waals surface area contributed by atoms with Gasteiger partial charge in [0.1, 0.15) is 5.82 Å². The molecule has 1 aliphatic carbocycles. The summed E-state index contributed by atoms with van der Waals surface area (Å²) in [5.74, 6) is 1.87. The van der Waals surface area contributed by atoms with Gasteiger partial charge in [0.2, 0.25) is 0 Å². The highest BCUT2D eigenvalue weighted by Gasteiger charge is 2.22. The Hall–Kier alpha value is -2.38. The first-order valence-corrected chi connectivity index (χ1v) is 11.4. The van der Waals surface area contributed by atoms with Gasteiger partial charge in [-0.2, -0.15) is 9.78 Å². The van der Waals surface area contributed by atoms with Crippen LogP contribution in [-0.2, 0) is 0 Å². The lowest BCUT2D eigenvalue weighted by Gasteiger charge is -2.22. The summed E-state index contributed by atoms with van der Waals surface area (Å²) in [7, 11) is 3.08. The van der Waals surface area contributed by atoms with Crippen molar-refractivity contribution < 1.29 is 9.47 Å². The van der Waals surface area contributed by atoms with Crippen LogP contribution >= 0.6 is 27.5 Å². The maximum Gasteiger partial charge on any atom is 0.282 e. The molecule has 6 nitrogen and oxygen atoms in total. The van der Waals surface area contributed by atoms with Crippen LogP contribution in [0.5, 0.6) is 11.5 Å². The molecule has 8 heteroatoms. The van der Waals surface area contributed by atoms with Crippen LogP contribution in [-0.4, -0.2) is 30.1 Å². The van der Waals surface area contributed by atoms with Gasteiger partial charge in [0.15, 0.2) is 11.5 Å². The molecule has 2 aromatic carbocycles. The van der Waals surface area contributed by atoms with Crippen LogP contribution in [0.15, 0.2) is 44.7 Å². The van der Waals surface area contributed by atoms with Gasteiger partial charge in [0.05, 0.1) is 36.4 Å². The van der Waals surface area contributed by atoms with Crippen LogP contribution in [0.3, 0.4) is 0 Å². The number of hydrogen-bond donors (Lipinski definition) is 0. The Morgan fingerprint density at radius 2 is 1.94 bits per heavy atom. The first kappa shape index (κ1) is 21.8. The average molecular weight is 505 g/mol. The van der Waals surface area contributed by atoms with Gasteiger partial charge < -0.3 is 9.47 Å². The van der Waals surface area contributed by atoms with Crippen molar-refractivity contribution in [3.63, 3.8) is 0 Å². The highest BCUT2D eigenvalue weighted by Crippen LogP contribution is 2.36. The minimum absolute atomic E-state index is 0.185. The molecule has 1 saturated carbocycles. The fourth-order valence-corrected chi connectivity index (χ4v) is 4.70. The first-order valence-electron chi connectivity index (χ1n) is 10.2. The summed E-state index contributed by atoms with van der Waals surface area (Å²) in [6.07, 6.45) is 7.10. The van der Waals surface area contributed by atoms with Crippen molar-refractivity contribution in [2.45, 2.75) is 38.0 Å². The Kier molecular flexibility index (Phi) is 6.62. The van der Waals surface area contributed by atoms with Crippen molar-refractivity contribution in [1.29, 1.82) is 0 Å². The molecule has 0 N–H and O–H groups in total. The van der Waals surface area contributed by atoms with Crippen molar-refractivity contribution in [3.05, 3.63) is 61.6 Å². The topological polar surface area (TPSA) is 65.7 Å². The number of nitrogens with zero attached hydrogens (tertiary/aromatic N) is 3. The zero-order valence-electron chi connectivity index (χ0n) is 17.4. The average Bonchev–Trinajstić information content (AvgIpc) is 2.78. The predicted octanol–water partition coefficient (Wildman–Crippen LogP) is 5.76. The van der Waals surface area contributed by atoms with Gasteiger partial charge in [-0.25, -0.2) is 4.98 Å². The molecule has 0 aliphatic heterocycles. The molecule has 0 spiro atoms. The third kappa shape index (κ3) is 4.48. The third-order valence-corrected chi connectivity index (χ3v) is 6.36. The lowest BCUT2D eigenvalue weighted by Crippen LogP contribution is -2.25. The zero-order chi connectivity index (χ0) is 22.0. The molecule has 1 heterocycles. The second-order valence-electron chi connectivity index (χ2n) is 7.57. The van der Waals surface area contributed by atoms with Crippen LogP contribution in [0.1, 0.15) is 49.4 Å². The molecule has 1 aliphatic rings. The van der Waals surface area contributed by atoms with E-state index in [1.807, 2.05) is 12.1 Å². The third-order valence-electron chi connectivity index (χ3n) is 5.58. The monoisotopic (exact) mass is 503 g/mol. The molecule has 4 rings (SSSR count). The van der Waals surface area contributed by atoms with E-state index >= 15 is 0 Å². The number of ether oxygens (including phenoxy) is 2. The van der Waals surface area contributed by atoms with Crippen molar-refractivity contribution in [3.8, 4) is 11.5 Å². The van der Waals surface area contributed by atoms with E-state index in [4.69, 9.17) is 26.1 Å². The highest BCUT2D eigenvalue weighted by molar-refractivity contribution is 9.10. The molecule has 3 aromatic rings. The summed E-state index contributed by atoms with van der Waals surface area (Å²) in [6.45, 7) is 0. The molecule has 0 radical (unpaired) electrons. The van der Waals surface area contributed by atoms with Crippen LogP contribution in [0.25, 0.3) is 10.9 Å². The number of fused-ring (bicyclic) bond motifs is 1.